The highest BCUT2D eigenvalue weighted by atomic mass is 35.5. The molecule has 1 aliphatic rings. The maximum absolute atomic E-state index is 14.0. The van der Waals surface area contributed by atoms with Crippen LogP contribution >= 0.6 is 11.6 Å². The Balaban J connectivity index is 1.42. The van der Waals surface area contributed by atoms with Gasteiger partial charge in [0.1, 0.15) is 22.6 Å². The first-order valence-corrected chi connectivity index (χ1v) is 12.2. The topological polar surface area (TPSA) is 97.3 Å². The third-order valence-corrected chi connectivity index (χ3v) is 6.49. The molecule has 3 heterocycles. The van der Waals surface area contributed by atoms with Crippen LogP contribution in [-0.4, -0.2) is 51.9 Å². The molecule has 2 aromatic heterocycles. The van der Waals surface area contributed by atoms with Crippen LogP contribution in [0.2, 0.25) is 5.15 Å². The van der Waals surface area contributed by atoms with Crippen molar-refractivity contribution in [1.82, 2.24) is 25.2 Å². The molecule has 0 radical (unpaired) electrons. The number of nitrogens with one attached hydrogen (secondary N) is 1. The van der Waals surface area contributed by atoms with Gasteiger partial charge in [0.25, 0.3) is 5.91 Å². The first kappa shape index (κ1) is 26.4. The molecule has 0 atom stereocenters. The largest absolute Gasteiger partial charge is 0.481 e. The number of methoxy groups -OCH3 is 1. The first-order valence-electron chi connectivity index (χ1n) is 11.8. The van der Waals surface area contributed by atoms with Crippen molar-refractivity contribution in [2.45, 2.75) is 38.6 Å². The van der Waals surface area contributed by atoms with E-state index in [0.29, 0.717) is 48.9 Å². The highest BCUT2D eigenvalue weighted by Crippen LogP contribution is 2.30. The lowest BCUT2D eigenvalue weighted by molar-refractivity contribution is -0.131. The Morgan fingerprint density at radius 1 is 1.16 bits per heavy atom. The summed E-state index contributed by atoms with van der Waals surface area (Å²) >= 11 is 6.01. The van der Waals surface area contributed by atoms with Crippen LogP contribution in [-0.2, 0) is 17.8 Å². The van der Waals surface area contributed by atoms with Crippen molar-refractivity contribution in [3.05, 3.63) is 81.5 Å². The van der Waals surface area contributed by atoms with Gasteiger partial charge in [-0.1, -0.05) is 17.7 Å². The van der Waals surface area contributed by atoms with Crippen LogP contribution in [0.25, 0.3) is 0 Å². The molecular weight excluding hydrogens is 504 g/mol. The Morgan fingerprint density at radius 3 is 2.54 bits per heavy atom. The molecule has 0 unspecified atom stereocenters. The van der Waals surface area contributed by atoms with Crippen LogP contribution in [0.15, 0.2) is 36.5 Å². The maximum Gasteiger partial charge on any atom is 0.254 e. The second-order valence-corrected chi connectivity index (χ2v) is 9.16. The summed E-state index contributed by atoms with van der Waals surface area (Å²) in [5.41, 5.74) is 1.46. The summed E-state index contributed by atoms with van der Waals surface area (Å²) in [6.07, 6.45) is 2.28. The standard InChI is InChI=1S/C26H26ClF2N5O3/c1-15-30-14-19(26(36)31-13-16-10-22(27)33-23(11-16)37-2)25(32-15)17-6-8-34(9-7-17)24(35)12-18-20(28)4-3-5-21(18)29/h3-5,10-11,14,17H,6-9,12-13H2,1-2H3,(H,31,36). The minimum atomic E-state index is -0.733. The van der Waals surface area contributed by atoms with Gasteiger partial charge in [0.2, 0.25) is 11.8 Å². The van der Waals surface area contributed by atoms with Crippen molar-refractivity contribution in [3.63, 3.8) is 0 Å². The molecule has 1 aromatic carbocycles. The number of carbonyl (C=O) groups is 2. The summed E-state index contributed by atoms with van der Waals surface area (Å²) in [5.74, 6) is -1.35. The molecule has 0 aliphatic carbocycles. The van der Waals surface area contributed by atoms with Gasteiger partial charge in [-0.25, -0.2) is 23.7 Å². The Hall–Kier alpha value is -3.66. The molecule has 1 aliphatic heterocycles. The molecule has 0 saturated carbocycles. The Labute approximate surface area is 218 Å². The zero-order valence-electron chi connectivity index (χ0n) is 20.4. The van der Waals surface area contributed by atoms with Crippen LogP contribution in [0.3, 0.4) is 0 Å². The predicted octanol–water partition coefficient (Wildman–Crippen LogP) is 4.00. The normalized spacial score (nSPS) is 13.9. The third-order valence-electron chi connectivity index (χ3n) is 6.30. The average Bonchev–Trinajstić information content (AvgIpc) is 2.89. The lowest BCUT2D eigenvalue weighted by Gasteiger charge is -2.32. The fourth-order valence-corrected chi connectivity index (χ4v) is 4.57. The number of carbonyl (C=O) groups excluding carboxylic acids is 2. The van der Waals surface area contributed by atoms with Gasteiger partial charge in [-0.3, -0.25) is 9.59 Å². The van der Waals surface area contributed by atoms with Crippen LogP contribution < -0.4 is 10.1 Å². The van der Waals surface area contributed by atoms with Crippen molar-refractivity contribution >= 4 is 23.4 Å². The average molecular weight is 530 g/mol. The number of ether oxygens (including phenoxy) is 1. The van der Waals surface area contributed by atoms with E-state index in [4.69, 9.17) is 16.3 Å². The Morgan fingerprint density at radius 2 is 1.86 bits per heavy atom. The predicted molar refractivity (Wildman–Crippen MR) is 132 cm³/mol. The fourth-order valence-electron chi connectivity index (χ4n) is 4.35. The van der Waals surface area contributed by atoms with Crippen LogP contribution in [0.1, 0.15) is 51.8 Å². The van der Waals surface area contributed by atoms with E-state index in [9.17, 15) is 18.4 Å². The highest BCUT2D eigenvalue weighted by Gasteiger charge is 2.29. The molecule has 0 spiro atoms. The number of aromatic nitrogens is 3. The van der Waals surface area contributed by atoms with Crippen molar-refractivity contribution < 1.29 is 23.1 Å². The smallest absolute Gasteiger partial charge is 0.254 e. The summed E-state index contributed by atoms with van der Waals surface area (Å²) in [4.78, 5) is 40.1. The van der Waals surface area contributed by atoms with Gasteiger partial charge in [-0.05, 0) is 43.5 Å². The van der Waals surface area contributed by atoms with Crippen molar-refractivity contribution in [2.75, 3.05) is 20.2 Å². The van der Waals surface area contributed by atoms with E-state index in [-0.39, 0.29) is 41.4 Å². The second kappa shape index (κ2) is 11.6. The number of nitrogens with zero attached hydrogens (tertiary/aromatic N) is 4. The van der Waals surface area contributed by atoms with E-state index in [2.05, 4.69) is 20.3 Å². The van der Waals surface area contributed by atoms with Crippen molar-refractivity contribution in [1.29, 1.82) is 0 Å². The van der Waals surface area contributed by atoms with Gasteiger partial charge >= 0.3 is 0 Å². The fraction of sp³-hybridized carbons (Fsp3) is 0.346. The summed E-state index contributed by atoms with van der Waals surface area (Å²) in [6, 6.07) is 6.86. The molecular formula is C26H26ClF2N5O3. The van der Waals surface area contributed by atoms with E-state index in [1.165, 1.54) is 19.4 Å². The molecule has 194 valence electrons. The SMILES string of the molecule is COc1cc(CNC(=O)c2cnc(C)nc2C2CCN(C(=O)Cc3c(F)cccc3F)CC2)cc(Cl)n1. The third kappa shape index (κ3) is 6.37. The molecule has 4 rings (SSSR count). The monoisotopic (exact) mass is 529 g/mol. The van der Waals surface area contributed by atoms with Crippen LogP contribution in [0.4, 0.5) is 8.78 Å². The Kier molecular flexibility index (Phi) is 8.27. The molecule has 11 heteroatoms. The summed E-state index contributed by atoms with van der Waals surface area (Å²) in [6.45, 7) is 2.72. The van der Waals surface area contributed by atoms with Crippen LogP contribution in [0.5, 0.6) is 5.88 Å². The number of hydrogen-bond acceptors (Lipinski definition) is 6. The number of amides is 2. The molecule has 8 nitrogen and oxygen atoms in total. The summed E-state index contributed by atoms with van der Waals surface area (Å²) in [5, 5.41) is 3.11. The van der Waals surface area contributed by atoms with Crippen molar-refractivity contribution in [2.24, 2.45) is 0 Å². The molecule has 1 N–H and O–H groups in total. The van der Waals surface area contributed by atoms with Gasteiger partial charge in [-0.2, -0.15) is 0 Å². The minimum absolute atomic E-state index is 0.0767. The number of pyridine rings is 1. The van der Waals surface area contributed by atoms with E-state index >= 15 is 0 Å². The van der Waals surface area contributed by atoms with E-state index in [1.54, 1.807) is 24.0 Å². The quantitative estimate of drug-likeness (QED) is 0.465. The first-order chi connectivity index (χ1) is 17.7. The maximum atomic E-state index is 14.0. The molecule has 37 heavy (non-hydrogen) atoms. The van der Waals surface area contributed by atoms with E-state index in [0.717, 1.165) is 17.7 Å². The van der Waals surface area contributed by atoms with E-state index < -0.39 is 11.6 Å². The second-order valence-electron chi connectivity index (χ2n) is 8.77. The van der Waals surface area contributed by atoms with Gasteiger partial charge in [-0.15, -0.1) is 0 Å². The summed E-state index contributed by atoms with van der Waals surface area (Å²) < 4.78 is 33.1. The van der Waals surface area contributed by atoms with Gasteiger partial charge in [0, 0.05) is 43.4 Å². The number of hydrogen-bond donors (Lipinski definition) is 1. The van der Waals surface area contributed by atoms with Crippen molar-refractivity contribution in [3.8, 4) is 5.88 Å². The van der Waals surface area contributed by atoms with Gasteiger partial charge in [0.05, 0.1) is 24.8 Å². The zero-order chi connectivity index (χ0) is 26.5. The van der Waals surface area contributed by atoms with Crippen LogP contribution in [0, 0.1) is 18.6 Å². The Bertz CT molecular complexity index is 1300. The molecule has 1 fully saturated rings. The number of piperidine rings is 1. The molecule has 1 saturated heterocycles. The number of likely N-dealkylation sites (tertiary alicyclic amines) is 1. The van der Waals surface area contributed by atoms with E-state index in [1.807, 2.05) is 0 Å². The molecule has 3 aromatic rings. The summed E-state index contributed by atoms with van der Waals surface area (Å²) in [7, 11) is 1.48. The lowest BCUT2D eigenvalue weighted by atomic mass is 9.90. The number of benzene rings is 1. The number of rotatable bonds is 7. The highest BCUT2D eigenvalue weighted by molar-refractivity contribution is 6.29. The van der Waals surface area contributed by atoms with Gasteiger partial charge < -0.3 is 15.0 Å². The molecule has 2 amide bonds. The van der Waals surface area contributed by atoms with Gasteiger partial charge in [0.15, 0.2) is 0 Å². The number of aryl methyl sites for hydroxylation is 1. The number of halogens is 3. The minimum Gasteiger partial charge on any atom is -0.481 e. The lowest BCUT2D eigenvalue weighted by Crippen LogP contribution is -2.39. The zero-order valence-corrected chi connectivity index (χ0v) is 21.2. The molecule has 0 bridgehead atoms.